The first-order chi connectivity index (χ1) is 9.81. The summed E-state index contributed by atoms with van der Waals surface area (Å²) in [6, 6.07) is 0. The van der Waals surface area contributed by atoms with Crippen LogP contribution in [-0.4, -0.2) is 17.9 Å². The zero-order chi connectivity index (χ0) is 14.9. The largest absolute Gasteiger partial charge is 0.452 e. The average molecular weight is 345 g/mol. The van der Waals surface area contributed by atoms with Gasteiger partial charge in [-0.25, -0.2) is 0 Å². The topological polar surface area (TPSA) is 26.3 Å². The monoisotopic (exact) mass is 344 g/mol. The van der Waals surface area contributed by atoms with E-state index in [4.69, 9.17) is 4.74 Å². The van der Waals surface area contributed by atoms with E-state index in [0.29, 0.717) is 6.42 Å². The summed E-state index contributed by atoms with van der Waals surface area (Å²) < 4.78 is 5.08. The lowest BCUT2D eigenvalue weighted by Gasteiger charge is -2.01. The number of unbranched alkanes of at least 4 members (excludes halogenated alkanes) is 8. The number of rotatable bonds is 12. The van der Waals surface area contributed by atoms with E-state index in [1.165, 1.54) is 38.5 Å². The molecule has 0 aromatic carbocycles. The summed E-state index contributed by atoms with van der Waals surface area (Å²) in [4.78, 5) is 11.4. The van der Waals surface area contributed by atoms with Crippen LogP contribution in [0.15, 0.2) is 0 Å². The Morgan fingerprint density at radius 1 is 0.950 bits per heavy atom. The number of esters is 1. The first-order valence-electron chi connectivity index (χ1n) is 7.98. The van der Waals surface area contributed by atoms with Crippen molar-refractivity contribution in [2.45, 2.75) is 77.6 Å². The van der Waals surface area contributed by atoms with Crippen LogP contribution in [0.5, 0.6) is 0 Å². The highest BCUT2D eigenvalue weighted by Crippen LogP contribution is 2.07. The van der Waals surface area contributed by atoms with Gasteiger partial charge in [-0.15, -0.1) is 0 Å². The molecule has 0 aliphatic carbocycles. The Morgan fingerprint density at radius 3 is 2.40 bits per heavy atom. The quantitative estimate of drug-likeness (QED) is 0.209. The van der Waals surface area contributed by atoms with E-state index in [0.717, 1.165) is 31.0 Å². The summed E-state index contributed by atoms with van der Waals surface area (Å²) in [5.74, 6) is 5.87. The van der Waals surface area contributed by atoms with Crippen LogP contribution in [0.4, 0.5) is 0 Å². The lowest BCUT2D eigenvalue weighted by molar-refractivity contribution is -0.142. The molecular formula is C17H29BrO2. The fraction of sp³-hybridized carbons (Fsp3) is 0.824. The molecule has 0 radical (unpaired) electrons. The number of ether oxygens (including phenoxy) is 1. The van der Waals surface area contributed by atoms with Gasteiger partial charge in [-0.1, -0.05) is 73.2 Å². The van der Waals surface area contributed by atoms with Crippen LogP contribution in [0.2, 0.25) is 0 Å². The molecule has 0 aliphatic heterocycles. The maximum absolute atomic E-state index is 11.4. The minimum atomic E-state index is -0.106. The van der Waals surface area contributed by atoms with E-state index in [-0.39, 0.29) is 12.6 Å². The maximum atomic E-state index is 11.4. The average Bonchev–Trinajstić information content (AvgIpc) is 2.45. The second-order valence-electron chi connectivity index (χ2n) is 5.03. The molecular weight excluding hydrogens is 316 g/mol. The third-order valence-corrected chi connectivity index (χ3v) is 3.66. The number of hydrogen-bond donors (Lipinski definition) is 0. The molecule has 0 aromatic heterocycles. The van der Waals surface area contributed by atoms with Gasteiger partial charge in [-0.05, 0) is 19.3 Å². The third-order valence-electron chi connectivity index (χ3n) is 3.10. The van der Waals surface area contributed by atoms with Crippen molar-refractivity contribution in [3.63, 3.8) is 0 Å². The molecule has 0 heterocycles. The lowest BCUT2D eigenvalue weighted by Crippen LogP contribution is -2.04. The summed E-state index contributed by atoms with van der Waals surface area (Å²) in [7, 11) is 0. The Bertz CT molecular complexity index is 278. The van der Waals surface area contributed by atoms with Crippen LogP contribution in [-0.2, 0) is 9.53 Å². The first kappa shape index (κ1) is 19.5. The van der Waals surface area contributed by atoms with Crippen LogP contribution in [0.25, 0.3) is 0 Å². The Labute approximate surface area is 133 Å². The SMILES string of the molecule is CCCCCCC#CCOC(=O)CCCCCCCBr. The Morgan fingerprint density at radius 2 is 1.65 bits per heavy atom. The van der Waals surface area contributed by atoms with Gasteiger partial charge in [-0.2, -0.15) is 0 Å². The molecule has 116 valence electrons. The van der Waals surface area contributed by atoms with Gasteiger partial charge in [0.15, 0.2) is 6.61 Å². The third kappa shape index (κ3) is 15.6. The second-order valence-corrected chi connectivity index (χ2v) is 5.82. The summed E-state index contributed by atoms with van der Waals surface area (Å²) in [5.41, 5.74) is 0. The minimum Gasteiger partial charge on any atom is -0.452 e. The van der Waals surface area contributed by atoms with Gasteiger partial charge in [0, 0.05) is 18.2 Å². The van der Waals surface area contributed by atoms with Crippen LogP contribution in [0.1, 0.15) is 77.6 Å². The fourth-order valence-electron chi connectivity index (χ4n) is 1.86. The molecule has 0 atom stereocenters. The highest BCUT2D eigenvalue weighted by Gasteiger charge is 2.00. The molecule has 0 saturated carbocycles. The predicted molar refractivity (Wildman–Crippen MR) is 89.0 cm³/mol. The first-order valence-corrected chi connectivity index (χ1v) is 9.10. The molecule has 0 amide bonds. The second kappa shape index (κ2) is 16.6. The van der Waals surface area contributed by atoms with Crippen LogP contribution in [0.3, 0.4) is 0 Å². The zero-order valence-corrected chi connectivity index (χ0v) is 14.5. The van der Waals surface area contributed by atoms with Crippen molar-refractivity contribution >= 4 is 21.9 Å². The van der Waals surface area contributed by atoms with Crippen molar-refractivity contribution in [3.8, 4) is 11.8 Å². The van der Waals surface area contributed by atoms with E-state index in [9.17, 15) is 4.79 Å². The predicted octanol–water partition coefficient (Wildman–Crippen LogP) is 5.24. The van der Waals surface area contributed by atoms with Gasteiger partial charge < -0.3 is 4.74 Å². The van der Waals surface area contributed by atoms with Crippen molar-refractivity contribution in [3.05, 3.63) is 0 Å². The number of carbonyl (C=O) groups excluding carboxylic acids is 1. The molecule has 0 fully saturated rings. The normalized spacial score (nSPS) is 9.90. The summed E-state index contributed by atoms with van der Waals surface area (Å²) in [5, 5.41) is 1.08. The Balaban J connectivity index is 3.29. The zero-order valence-electron chi connectivity index (χ0n) is 12.9. The van der Waals surface area contributed by atoms with E-state index in [1.807, 2.05) is 0 Å². The molecule has 0 spiro atoms. The molecule has 0 unspecified atom stereocenters. The van der Waals surface area contributed by atoms with Crippen molar-refractivity contribution in [2.24, 2.45) is 0 Å². The number of alkyl halides is 1. The van der Waals surface area contributed by atoms with Crippen LogP contribution in [0, 0.1) is 11.8 Å². The number of hydrogen-bond acceptors (Lipinski definition) is 2. The molecule has 20 heavy (non-hydrogen) atoms. The van der Waals surface area contributed by atoms with Gasteiger partial charge in [0.05, 0.1) is 0 Å². The van der Waals surface area contributed by atoms with Crippen molar-refractivity contribution in [2.75, 3.05) is 11.9 Å². The summed E-state index contributed by atoms with van der Waals surface area (Å²) in [6.07, 6.45) is 12.1. The van der Waals surface area contributed by atoms with Gasteiger partial charge in [-0.3, -0.25) is 4.79 Å². The number of carbonyl (C=O) groups is 1. The molecule has 2 nitrogen and oxygen atoms in total. The van der Waals surface area contributed by atoms with Crippen LogP contribution < -0.4 is 0 Å². The summed E-state index contributed by atoms with van der Waals surface area (Å²) >= 11 is 3.41. The molecule has 0 rings (SSSR count). The highest BCUT2D eigenvalue weighted by atomic mass is 79.9. The smallest absolute Gasteiger partial charge is 0.306 e. The standard InChI is InChI=1S/C17H29BrO2/c1-2-3-4-5-6-10-13-16-20-17(19)14-11-8-7-9-12-15-18/h2-9,11-12,14-16H2,1H3. The minimum absolute atomic E-state index is 0.106. The molecule has 0 saturated heterocycles. The van der Waals surface area contributed by atoms with Crippen molar-refractivity contribution < 1.29 is 9.53 Å². The van der Waals surface area contributed by atoms with Gasteiger partial charge in [0.2, 0.25) is 0 Å². The molecule has 0 aliphatic rings. The molecule has 0 bridgehead atoms. The van der Waals surface area contributed by atoms with E-state index >= 15 is 0 Å². The van der Waals surface area contributed by atoms with Crippen molar-refractivity contribution in [1.29, 1.82) is 0 Å². The Hall–Kier alpha value is -0.490. The van der Waals surface area contributed by atoms with E-state index < -0.39 is 0 Å². The van der Waals surface area contributed by atoms with Crippen molar-refractivity contribution in [1.82, 2.24) is 0 Å². The molecule has 3 heteroatoms. The maximum Gasteiger partial charge on any atom is 0.306 e. The number of halogens is 1. The fourth-order valence-corrected chi connectivity index (χ4v) is 2.26. The van der Waals surface area contributed by atoms with E-state index in [2.05, 4.69) is 34.7 Å². The molecule has 0 N–H and O–H groups in total. The highest BCUT2D eigenvalue weighted by molar-refractivity contribution is 9.09. The Kier molecular flexibility index (Phi) is 16.2. The van der Waals surface area contributed by atoms with Gasteiger partial charge in [0.25, 0.3) is 0 Å². The van der Waals surface area contributed by atoms with Gasteiger partial charge >= 0.3 is 5.97 Å². The lowest BCUT2D eigenvalue weighted by atomic mass is 10.1. The molecule has 0 aromatic rings. The summed E-state index contributed by atoms with van der Waals surface area (Å²) in [6.45, 7) is 2.46. The van der Waals surface area contributed by atoms with Crippen LogP contribution >= 0.6 is 15.9 Å². The van der Waals surface area contributed by atoms with Gasteiger partial charge in [0.1, 0.15) is 0 Å². The van der Waals surface area contributed by atoms with E-state index in [1.54, 1.807) is 0 Å².